The molecule has 4 heteroatoms. The molecule has 0 bridgehead atoms. The molecule has 1 saturated carbocycles. The minimum Gasteiger partial charge on any atom is -0.409 e. The van der Waals surface area contributed by atoms with Crippen LogP contribution in [0.25, 0.3) is 0 Å². The Morgan fingerprint density at radius 1 is 1.33 bits per heavy atom. The van der Waals surface area contributed by atoms with Crippen molar-refractivity contribution in [1.82, 2.24) is 5.32 Å². The Morgan fingerprint density at radius 2 is 2.10 bits per heavy atom. The van der Waals surface area contributed by atoms with Crippen LogP contribution in [0.5, 0.6) is 0 Å². The highest BCUT2D eigenvalue weighted by atomic mass is 16.4. The number of nitrogens with zero attached hydrogens (tertiary/aromatic N) is 1. The van der Waals surface area contributed by atoms with Gasteiger partial charge in [0.2, 0.25) is 0 Å². The summed E-state index contributed by atoms with van der Waals surface area (Å²) < 4.78 is 0. The third-order valence-corrected chi connectivity index (χ3v) is 4.52. The molecule has 1 aliphatic rings. The molecule has 0 unspecified atom stereocenters. The Bertz CT molecular complexity index is 465. The smallest absolute Gasteiger partial charge is 0.170 e. The molecule has 21 heavy (non-hydrogen) atoms. The van der Waals surface area contributed by atoms with Crippen LogP contribution in [-0.4, -0.2) is 17.6 Å². The lowest BCUT2D eigenvalue weighted by Crippen LogP contribution is -2.21. The fraction of sp³-hybridized carbons (Fsp3) is 0.588. The van der Waals surface area contributed by atoms with E-state index in [9.17, 15) is 0 Å². The minimum absolute atomic E-state index is 0.160. The highest BCUT2D eigenvalue weighted by Crippen LogP contribution is 2.29. The molecule has 1 fully saturated rings. The molecule has 116 valence electrons. The quantitative estimate of drug-likeness (QED) is 0.248. The van der Waals surface area contributed by atoms with Gasteiger partial charge in [-0.05, 0) is 36.4 Å². The monoisotopic (exact) mass is 289 g/mol. The van der Waals surface area contributed by atoms with E-state index in [-0.39, 0.29) is 5.84 Å². The Hall–Kier alpha value is -1.55. The maximum Gasteiger partial charge on any atom is 0.170 e. The number of hydrogen-bond donors (Lipinski definition) is 3. The van der Waals surface area contributed by atoms with E-state index in [0.717, 1.165) is 36.1 Å². The third-order valence-electron chi connectivity index (χ3n) is 4.52. The van der Waals surface area contributed by atoms with Crippen molar-refractivity contribution in [2.24, 2.45) is 22.7 Å². The highest BCUT2D eigenvalue weighted by molar-refractivity contribution is 5.97. The second kappa shape index (κ2) is 8.03. The van der Waals surface area contributed by atoms with Crippen LogP contribution in [0.3, 0.4) is 0 Å². The number of oxime groups is 1. The SMILES string of the molecule is CC1CCC(CCNCc2cccc(C(N)=NO)c2)CC1. The average molecular weight is 289 g/mol. The van der Waals surface area contributed by atoms with Gasteiger partial charge in [0, 0.05) is 12.1 Å². The van der Waals surface area contributed by atoms with Gasteiger partial charge >= 0.3 is 0 Å². The summed E-state index contributed by atoms with van der Waals surface area (Å²) >= 11 is 0. The zero-order chi connectivity index (χ0) is 15.1. The first-order chi connectivity index (χ1) is 10.2. The molecule has 0 aromatic heterocycles. The lowest BCUT2D eigenvalue weighted by Gasteiger charge is -2.26. The summed E-state index contributed by atoms with van der Waals surface area (Å²) in [6, 6.07) is 7.81. The Balaban J connectivity index is 1.71. The van der Waals surface area contributed by atoms with Crippen LogP contribution in [0.15, 0.2) is 29.4 Å². The van der Waals surface area contributed by atoms with Gasteiger partial charge in [0.1, 0.15) is 0 Å². The first kappa shape index (κ1) is 15.8. The van der Waals surface area contributed by atoms with Crippen molar-refractivity contribution in [1.29, 1.82) is 0 Å². The number of nitrogens with one attached hydrogen (secondary N) is 1. The number of amidine groups is 1. The van der Waals surface area contributed by atoms with Crippen molar-refractivity contribution in [3.8, 4) is 0 Å². The molecule has 1 aliphatic carbocycles. The molecule has 0 aliphatic heterocycles. The molecule has 4 N–H and O–H groups in total. The van der Waals surface area contributed by atoms with Crippen molar-refractivity contribution in [3.63, 3.8) is 0 Å². The maximum absolute atomic E-state index is 8.70. The maximum atomic E-state index is 8.70. The first-order valence-corrected chi connectivity index (χ1v) is 7.96. The number of benzene rings is 1. The molecule has 0 spiro atoms. The van der Waals surface area contributed by atoms with Crippen LogP contribution >= 0.6 is 0 Å². The van der Waals surface area contributed by atoms with Crippen molar-refractivity contribution in [3.05, 3.63) is 35.4 Å². The molecule has 1 aromatic carbocycles. The Labute approximate surface area is 127 Å². The molecular formula is C17H27N3O. The molecule has 2 rings (SSSR count). The number of rotatable bonds is 6. The number of nitrogens with two attached hydrogens (primary N) is 1. The summed E-state index contributed by atoms with van der Waals surface area (Å²) in [6.45, 7) is 4.26. The zero-order valence-electron chi connectivity index (χ0n) is 12.9. The van der Waals surface area contributed by atoms with Crippen LogP contribution in [0.1, 0.15) is 50.2 Å². The van der Waals surface area contributed by atoms with E-state index in [1.807, 2.05) is 18.2 Å². The third kappa shape index (κ3) is 5.05. The fourth-order valence-corrected chi connectivity index (χ4v) is 3.06. The topological polar surface area (TPSA) is 70.6 Å². The van der Waals surface area contributed by atoms with Crippen LogP contribution < -0.4 is 11.1 Å². The van der Waals surface area contributed by atoms with Gasteiger partial charge in [-0.3, -0.25) is 0 Å². The van der Waals surface area contributed by atoms with E-state index in [4.69, 9.17) is 10.9 Å². The summed E-state index contributed by atoms with van der Waals surface area (Å²) in [4.78, 5) is 0. The van der Waals surface area contributed by atoms with E-state index in [1.165, 1.54) is 32.1 Å². The molecule has 0 amide bonds. The summed E-state index contributed by atoms with van der Waals surface area (Å²) in [5.41, 5.74) is 7.53. The van der Waals surface area contributed by atoms with E-state index in [1.54, 1.807) is 0 Å². The summed E-state index contributed by atoms with van der Waals surface area (Å²) in [6.07, 6.45) is 6.84. The molecule has 0 saturated heterocycles. The highest BCUT2D eigenvalue weighted by Gasteiger charge is 2.17. The second-order valence-corrected chi connectivity index (χ2v) is 6.28. The summed E-state index contributed by atoms with van der Waals surface area (Å²) in [5, 5.41) is 15.2. The van der Waals surface area contributed by atoms with Gasteiger partial charge in [0.15, 0.2) is 5.84 Å². The van der Waals surface area contributed by atoms with Gasteiger partial charge in [-0.2, -0.15) is 0 Å². The van der Waals surface area contributed by atoms with Crippen molar-refractivity contribution < 1.29 is 5.21 Å². The average Bonchev–Trinajstić information content (AvgIpc) is 2.53. The normalized spacial score (nSPS) is 23.2. The molecule has 0 heterocycles. The predicted octanol–water partition coefficient (Wildman–Crippen LogP) is 3.09. The van der Waals surface area contributed by atoms with Crippen molar-refractivity contribution in [2.45, 2.75) is 45.6 Å². The van der Waals surface area contributed by atoms with Crippen LogP contribution in [0.2, 0.25) is 0 Å². The van der Waals surface area contributed by atoms with Gasteiger partial charge in [-0.15, -0.1) is 0 Å². The Morgan fingerprint density at radius 3 is 2.81 bits per heavy atom. The lowest BCUT2D eigenvalue weighted by atomic mass is 9.81. The summed E-state index contributed by atoms with van der Waals surface area (Å²) in [7, 11) is 0. The van der Waals surface area contributed by atoms with Crippen LogP contribution in [-0.2, 0) is 6.54 Å². The minimum atomic E-state index is 0.160. The van der Waals surface area contributed by atoms with Gasteiger partial charge < -0.3 is 16.3 Å². The van der Waals surface area contributed by atoms with Gasteiger partial charge in [-0.25, -0.2) is 0 Å². The molecule has 4 nitrogen and oxygen atoms in total. The van der Waals surface area contributed by atoms with Gasteiger partial charge in [0.25, 0.3) is 0 Å². The molecule has 0 radical (unpaired) electrons. The first-order valence-electron chi connectivity index (χ1n) is 7.96. The number of hydrogen-bond acceptors (Lipinski definition) is 3. The van der Waals surface area contributed by atoms with Crippen LogP contribution in [0.4, 0.5) is 0 Å². The van der Waals surface area contributed by atoms with E-state index >= 15 is 0 Å². The fourth-order valence-electron chi connectivity index (χ4n) is 3.06. The lowest BCUT2D eigenvalue weighted by molar-refractivity contribution is 0.275. The van der Waals surface area contributed by atoms with Crippen LogP contribution in [0, 0.1) is 11.8 Å². The predicted molar refractivity (Wildman–Crippen MR) is 86.4 cm³/mol. The summed E-state index contributed by atoms with van der Waals surface area (Å²) in [5.74, 6) is 1.99. The van der Waals surface area contributed by atoms with E-state index in [0.29, 0.717) is 0 Å². The van der Waals surface area contributed by atoms with E-state index < -0.39 is 0 Å². The molecule has 0 atom stereocenters. The van der Waals surface area contributed by atoms with Gasteiger partial charge in [0.05, 0.1) is 0 Å². The van der Waals surface area contributed by atoms with Gasteiger partial charge in [-0.1, -0.05) is 56.0 Å². The second-order valence-electron chi connectivity index (χ2n) is 6.28. The zero-order valence-corrected chi connectivity index (χ0v) is 12.9. The molecular weight excluding hydrogens is 262 g/mol. The van der Waals surface area contributed by atoms with E-state index in [2.05, 4.69) is 23.5 Å². The van der Waals surface area contributed by atoms with Crippen molar-refractivity contribution >= 4 is 5.84 Å². The van der Waals surface area contributed by atoms with Crippen molar-refractivity contribution in [2.75, 3.05) is 6.54 Å². The largest absolute Gasteiger partial charge is 0.409 e. The Kier molecular flexibility index (Phi) is 6.05. The standard InChI is InChI=1S/C17H27N3O/c1-13-5-7-14(8-6-13)9-10-19-12-15-3-2-4-16(11-15)17(18)20-21/h2-4,11,13-14,19,21H,5-10,12H2,1H3,(H2,18,20). The molecule has 1 aromatic rings.